The summed E-state index contributed by atoms with van der Waals surface area (Å²) in [6.07, 6.45) is 3.38. The maximum absolute atomic E-state index is 6.00. The van der Waals surface area contributed by atoms with Gasteiger partial charge in [0, 0.05) is 38.2 Å². The molecule has 1 saturated heterocycles. The van der Waals surface area contributed by atoms with Gasteiger partial charge in [0.2, 0.25) is 0 Å². The van der Waals surface area contributed by atoms with E-state index in [1.54, 1.807) is 0 Å². The summed E-state index contributed by atoms with van der Waals surface area (Å²) in [5, 5.41) is 5.53. The number of guanidine groups is 1. The Labute approximate surface area is 201 Å². The average Bonchev–Trinajstić information content (AvgIpc) is 3.29. The molecular weight excluding hydrogens is 509 g/mol. The van der Waals surface area contributed by atoms with Crippen molar-refractivity contribution in [3.63, 3.8) is 0 Å². The third-order valence-electron chi connectivity index (χ3n) is 5.06. The van der Waals surface area contributed by atoms with Crippen molar-refractivity contribution in [3.8, 4) is 0 Å². The Hall–Kier alpha value is -1.16. The van der Waals surface area contributed by atoms with Gasteiger partial charge in [-0.2, -0.15) is 0 Å². The molecule has 1 aromatic heterocycles. The standard InChI is InChI=1S/C23H33N3O2S.HI/c1-3-24-23(26(2)13-10-22-5-4-16-29-22)25-17-19-6-8-20(9-7-19)18-28-21-11-14-27-15-12-21;/h4-9,16,21H,3,10-15,17-18H2,1-2H3,(H,24,25);1H. The SMILES string of the molecule is CCNC(=NCc1ccc(COC2CCOCC2)cc1)N(C)CCc1cccs1.I. The number of likely N-dealkylation sites (N-methyl/N-ethyl adjacent to an activating group) is 1. The summed E-state index contributed by atoms with van der Waals surface area (Å²) in [6.45, 7) is 6.90. The molecule has 0 radical (unpaired) electrons. The minimum absolute atomic E-state index is 0. The Morgan fingerprint density at radius 3 is 2.60 bits per heavy atom. The summed E-state index contributed by atoms with van der Waals surface area (Å²) in [5.41, 5.74) is 2.42. The highest BCUT2D eigenvalue weighted by Gasteiger charge is 2.14. The number of thiophene rings is 1. The van der Waals surface area contributed by atoms with E-state index in [2.05, 4.69) is 66.0 Å². The molecular formula is C23H34IN3O2S. The lowest BCUT2D eigenvalue weighted by Crippen LogP contribution is -2.39. The molecule has 0 atom stereocenters. The first-order valence-electron chi connectivity index (χ1n) is 10.5. The Morgan fingerprint density at radius 1 is 1.20 bits per heavy atom. The lowest BCUT2D eigenvalue weighted by molar-refractivity contribution is -0.0390. The van der Waals surface area contributed by atoms with E-state index in [1.807, 2.05) is 11.3 Å². The van der Waals surface area contributed by atoms with Crippen molar-refractivity contribution in [1.82, 2.24) is 10.2 Å². The zero-order valence-electron chi connectivity index (χ0n) is 18.0. The van der Waals surface area contributed by atoms with Gasteiger partial charge in [-0.3, -0.25) is 0 Å². The zero-order chi connectivity index (χ0) is 20.3. The van der Waals surface area contributed by atoms with Gasteiger partial charge in [0.15, 0.2) is 5.96 Å². The molecule has 0 amide bonds. The molecule has 0 aliphatic carbocycles. The number of hydrogen-bond donors (Lipinski definition) is 1. The van der Waals surface area contributed by atoms with Gasteiger partial charge in [-0.1, -0.05) is 30.3 Å². The topological polar surface area (TPSA) is 46.1 Å². The second-order valence-corrected chi connectivity index (χ2v) is 8.39. The van der Waals surface area contributed by atoms with Crippen LogP contribution < -0.4 is 5.32 Å². The van der Waals surface area contributed by atoms with Crippen LogP contribution in [0.25, 0.3) is 0 Å². The first-order valence-corrected chi connectivity index (χ1v) is 11.4. The molecule has 3 rings (SSSR count). The largest absolute Gasteiger partial charge is 0.381 e. The van der Waals surface area contributed by atoms with Crippen LogP contribution in [-0.2, 0) is 29.0 Å². The van der Waals surface area contributed by atoms with Crippen LogP contribution in [0.3, 0.4) is 0 Å². The van der Waals surface area contributed by atoms with Crippen molar-refractivity contribution in [3.05, 3.63) is 57.8 Å². The second-order valence-electron chi connectivity index (χ2n) is 7.36. The number of nitrogens with zero attached hydrogens (tertiary/aromatic N) is 2. The quantitative estimate of drug-likeness (QED) is 0.283. The number of halogens is 1. The maximum Gasteiger partial charge on any atom is 0.193 e. The summed E-state index contributed by atoms with van der Waals surface area (Å²) in [4.78, 5) is 8.44. The predicted molar refractivity (Wildman–Crippen MR) is 136 cm³/mol. The fraction of sp³-hybridized carbons (Fsp3) is 0.522. The number of ether oxygens (including phenoxy) is 2. The number of benzene rings is 1. The fourth-order valence-electron chi connectivity index (χ4n) is 3.27. The van der Waals surface area contributed by atoms with Gasteiger partial charge in [0.05, 0.1) is 19.3 Å². The first-order chi connectivity index (χ1) is 14.2. The second kappa shape index (κ2) is 14.0. The Bertz CT molecular complexity index is 731. The fourth-order valence-corrected chi connectivity index (χ4v) is 3.97. The van der Waals surface area contributed by atoms with Crippen molar-refractivity contribution in [2.75, 3.05) is 33.4 Å². The van der Waals surface area contributed by atoms with Gasteiger partial charge in [-0.25, -0.2) is 4.99 Å². The number of rotatable bonds is 9. The van der Waals surface area contributed by atoms with Crippen LogP contribution in [0, 0.1) is 0 Å². The molecule has 2 heterocycles. The highest BCUT2D eigenvalue weighted by molar-refractivity contribution is 14.0. The van der Waals surface area contributed by atoms with E-state index in [4.69, 9.17) is 14.5 Å². The highest BCUT2D eigenvalue weighted by atomic mass is 127. The third-order valence-corrected chi connectivity index (χ3v) is 5.99. The molecule has 0 spiro atoms. The van der Waals surface area contributed by atoms with Gasteiger partial charge in [0.25, 0.3) is 0 Å². The van der Waals surface area contributed by atoms with Crippen LogP contribution >= 0.6 is 35.3 Å². The molecule has 0 saturated carbocycles. The molecule has 1 fully saturated rings. The van der Waals surface area contributed by atoms with Gasteiger partial charge in [-0.05, 0) is 48.8 Å². The van der Waals surface area contributed by atoms with Crippen LogP contribution in [0.2, 0.25) is 0 Å². The summed E-state index contributed by atoms with van der Waals surface area (Å²) >= 11 is 1.81. The maximum atomic E-state index is 6.00. The van der Waals surface area contributed by atoms with E-state index in [-0.39, 0.29) is 24.0 Å². The first kappa shape index (κ1) is 25.1. The lowest BCUT2D eigenvalue weighted by Gasteiger charge is -2.22. The van der Waals surface area contributed by atoms with Crippen molar-refractivity contribution in [2.24, 2.45) is 4.99 Å². The lowest BCUT2D eigenvalue weighted by atomic mass is 10.1. The van der Waals surface area contributed by atoms with Crippen LogP contribution in [0.5, 0.6) is 0 Å². The summed E-state index contributed by atoms with van der Waals surface area (Å²) < 4.78 is 11.4. The molecule has 0 bridgehead atoms. The minimum Gasteiger partial charge on any atom is -0.381 e. The van der Waals surface area contributed by atoms with E-state index < -0.39 is 0 Å². The van der Waals surface area contributed by atoms with Crippen molar-refractivity contribution >= 4 is 41.3 Å². The van der Waals surface area contributed by atoms with Gasteiger partial charge in [-0.15, -0.1) is 35.3 Å². The summed E-state index contributed by atoms with van der Waals surface area (Å²) in [7, 11) is 2.10. The van der Waals surface area contributed by atoms with Crippen LogP contribution in [0.4, 0.5) is 0 Å². The smallest absolute Gasteiger partial charge is 0.193 e. The van der Waals surface area contributed by atoms with Gasteiger partial charge in [0.1, 0.15) is 0 Å². The van der Waals surface area contributed by atoms with Crippen molar-refractivity contribution in [2.45, 2.75) is 45.4 Å². The van der Waals surface area contributed by atoms with Gasteiger partial charge >= 0.3 is 0 Å². The molecule has 1 aliphatic rings. The van der Waals surface area contributed by atoms with E-state index in [0.29, 0.717) is 19.3 Å². The van der Waals surface area contributed by atoms with E-state index in [9.17, 15) is 0 Å². The van der Waals surface area contributed by atoms with Crippen molar-refractivity contribution in [1.29, 1.82) is 0 Å². The number of hydrogen-bond acceptors (Lipinski definition) is 4. The average molecular weight is 544 g/mol. The molecule has 7 heteroatoms. The molecule has 1 aliphatic heterocycles. The molecule has 166 valence electrons. The molecule has 0 unspecified atom stereocenters. The number of nitrogens with one attached hydrogen (secondary N) is 1. The van der Waals surface area contributed by atoms with Crippen LogP contribution in [0.15, 0.2) is 46.8 Å². The number of aliphatic imine (C=N–C) groups is 1. The normalized spacial score (nSPS) is 14.9. The Morgan fingerprint density at radius 2 is 1.93 bits per heavy atom. The van der Waals surface area contributed by atoms with E-state index in [0.717, 1.165) is 51.5 Å². The van der Waals surface area contributed by atoms with Crippen molar-refractivity contribution < 1.29 is 9.47 Å². The van der Waals surface area contributed by atoms with Gasteiger partial charge < -0.3 is 19.7 Å². The highest BCUT2D eigenvalue weighted by Crippen LogP contribution is 2.14. The van der Waals surface area contributed by atoms with Crippen LogP contribution in [-0.4, -0.2) is 50.3 Å². The summed E-state index contributed by atoms with van der Waals surface area (Å²) in [5.74, 6) is 0.955. The molecule has 30 heavy (non-hydrogen) atoms. The van der Waals surface area contributed by atoms with E-state index >= 15 is 0 Å². The summed E-state index contributed by atoms with van der Waals surface area (Å²) in [6, 6.07) is 12.9. The monoisotopic (exact) mass is 543 g/mol. The third kappa shape index (κ3) is 8.53. The molecule has 1 N–H and O–H groups in total. The van der Waals surface area contributed by atoms with Crippen LogP contribution in [0.1, 0.15) is 35.8 Å². The minimum atomic E-state index is 0. The predicted octanol–water partition coefficient (Wildman–Crippen LogP) is 4.70. The zero-order valence-corrected chi connectivity index (χ0v) is 21.2. The molecule has 2 aromatic rings. The molecule has 5 nitrogen and oxygen atoms in total. The van der Waals surface area contributed by atoms with E-state index in [1.165, 1.54) is 16.0 Å². The Kier molecular flexibility index (Phi) is 11.7. The molecule has 1 aromatic carbocycles. The Balaban J connectivity index is 0.00000320.